The Hall–Kier alpha value is -1.68. The Morgan fingerprint density at radius 3 is 2.60 bits per heavy atom. The lowest BCUT2D eigenvalue weighted by atomic mass is 9.98. The molecule has 1 heterocycles. The highest BCUT2D eigenvalue weighted by Crippen LogP contribution is 2.30. The minimum atomic E-state index is 0.304. The molecule has 1 aromatic heterocycles. The van der Waals surface area contributed by atoms with Crippen LogP contribution < -0.4 is 11.1 Å². The number of hydrogen-bond donors (Lipinski definition) is 2. The number of hydrogen-bond acceptors (Lipinski definition) is 4. The third-order valence-corrected chi connectivity index (χ3v) is 4.42. The molecule has 1 saturated carbocycles. The quantitative estimate of drug-likeness (QED) is 0.896. The first-order chi connectivity index (χ1) is 9.79. The average molecular weight is 270 g/mol. The van der Waals surface area contributed by atoms with Crippen molar-refractivity contribution in [2.45, 2.75) is 38.6 Å². The van der Waals surface area contributed by atoms with Gasteiger partial charge in [-0.25, -0.2) is 0 Å². The molecule has 0 saturated heterocycles. The van der Waals surface area contributed by atoms with Gasteiger partial charge >= 0.3 is 0 Å². The first-order valence-electron chi connectivity index (χ1n) is 7.48. The zero-order valence-electron chi connectivity index (χ0n) is 12.0. The van der Waals surface area contributed by atoms with Gasteiger partial charge in [-0.1, -0.05) is 37.1 Å². The molecule has 3 rings (SSSR count). The highest BCUT2D eigenvalue weighted by molar-refractivity contribution is 5.92. The molecule has 20 heavy (non-hydrogen) atoms. The molecule has 1 aliphatic rings. The van der Waals surface area contributed by atoms with Crippen molar-refractivity contribution in [2.75, 3.05) is 11.9 Å². The van der Waals surface area contributed by atoms with Crippen molar-refractivity contribution < 1.29 is 0 Å². The van der Waals surface area contributed by atoms with E-state index in [-0.39, 0.29) is 0 Å². The van der Waals surface area contributed by atoms with Gasteiger partial charge in [0.1, 0.15) is 0 Å². The van der Waals surface area contributed by atoms with Crippen LogP contribution in [0.4, 0.5) is 5.82 Å². The van der Waals surface area contributed by atoms with Crippen LogP contribution >= 0.6 is 0 Å². The lowest BCUT2D eigenvalue weighted by Gasteiger charge is -2.24. The van der Waals surface area contributed by atoms with Crippen LogP contribution in [0.25, 0.3) is 10.8 Å². The Morgan fingerprint density at radius 2 is 1.90 bits per heavy atom. The molecule has 0 bridgehead atoms. The normalized spacial score (nSPS) is 17.5. The van der Waals surface area contributed by atoms with Crippen LogP contribution in [0.3, 0.4) is 0 Å². The summed E-state index contributed by atoms with van der Waals surface area (Å²) in [5.41, 5.74) is 6.93. The summed E-state index contributed by atoms with van der Waals surface area (Å²) in [6, 6.07) is 8.58. The van der Waals surface area contributed by atoms with E-state index in [4.69, 9.17) is 5.73 Å². The Morgan fingerprint density at radius 1 is 1.20 bits per heavy atom. The number of aryl methyl sites for hydroxylation is 1. The van der Waals surface area contributed by atoms with E-state index >= 15 is 0 Å². The molecule has 1 fully saturated rings. The van der Waals surface area contributed by atoms with Crippen molar-refractivity contribution in [1.29, 1.82) is 0 Å². The van der Waals surface area contributed by atoms with E-state index in [1.165, 1.54) is 25.7 Å². The second-order valence-electron chi connectivity index (χ2n) is 5.71. The summed E-state index contributed by atoms with van der Waals surface area (Å²) in [7, 11) is 0. The van der Waals surface area contributed by atoms with E-state index in [9.17, 15) is 0 Å². The summed E-state index contributed by atoms with van der Waals surface area (Å²) >= 11 is 0. The molecule has 0 amide bonds. The summed E-state index contributed by atoms with van der Waals surface area (Å²) < 4.78 is 0. The van der Waals surface area contributed by atoms with Crippen LogP contribution in [0.2, 0.25) is 0 Å². The van der Waals surface area contributed by atoms with Crippen molar-refractivity contribution in [3.63, 3.8) is 0 Å². The number of nitrogens with one attached hydrogen (secondary N) is 1. The fourth-order valence-corrected chi connectivity index (χ4v) is 3.25. The SMILES string of the molecule is Cc1nnc(NC(CN)C2CCCC2)c2ccccc12. The first kappa shape index (κ1) is 13.3. The number of aromatic nitrogens is 2. The van der Waals surface area contributed by atoms with Crippen LogP contribution in [-0.4, -0.2) is 22.8 Å². The number of benzene rings is 1. The van der Waals surface area contributed by atoms with E-state index in [0.29, 0.717) is 18.5 Å². The molecule has 3 N–H and O–H groups in total. The summed E-state index contributed by atoms with van der Waals surface area (Å²) in [5.74, 6) is 1.54. The van der Waals surface area contributed by atoms with E-state index in [1.54, 1.807) is 0 Å². The predicted molar refractivity (Wildman–Crippen MR) is 82.7 cm³/mol. The summed E-state index contributed by atoms with van der Waals surface area (Å²) in [4.78, 5) is 0. The van der Waals surface area contributed by atoms with Crippen molar-refractivity contribution in [3.05, 3.63) is 30.0 Å². The third-order valence-electron chi connectivity index (χ3n) is 4.42. The third kappa shape index (κ3) is 2.48. The molecule has 1 aromatic carbocycles. The Labute approximate surface area is 119 Å². The Bertz CT molecular complexity index is 590. The molecule has 1 unspecified atom stereocenters. The standard InChI is InChI=1S/C16H22N4/c1-11-13-8-4-5-9-14(13)16(20-19-11)18-15(10-17)12-6-2-3-7-12/h4-5,8-9,12,15H,2-3,6-7,10,17H2,1H3,(H,18,20). The molecular weight excluding hydrogens is 248 g/mol. The van der Waals surface area contributed by atoms with Crippen molar-refractivity contribution in [1.82, 2.24) is 10.2 Å². The van der Waals surface area contributed by atoms with Gasteiger partial charge in [-0.05, 0) is 25.7 Å². The van der Waals surface area contributed by atoms with Gasteiger partial charge < -0.3 is 11.1 Å². The topological polar surface area (TPSA) is 63.8 Å². The van der Waals surface area contributed by atoms with Gasteiger partial charge in [0.05, 0.1) is 5.69 Å². The highest BCUT2D eigenvalue weighted by Gasteiger charge is 2.24. The van der Waals surface area contributed by atoms with Crippen LogP contribution in [0.5, 0.6) is 0 Å². The van der Waals surface area contributed by atoms with Crippen molar-refractivity contribution in [2.24, 2.45) is 11.7 Å². The smallest absolute Gasteiger partial charge is 0.156 e. The largest absolute Gasteiger partial charge is 0.364 e. The fourth-order valence-electron chi connectivity index (χ4n) is 3.25. The summed E-state index contributed by atoms with van der Waals surface area (Å²) in [5, 5.41) is 14.5. The molecule has 2 aromatic rings. The number of nitrogens with zero attached hydrogens (tertiary/aromatic N) is 2. The molecule has 4 heteroatoms. The van der Waals surface area contributed by atoms with Crippen LogP contribution in [-0.2, 0) is 0 Å². The van der Waals surface area contributed by atoms with E-state index in [1.807, 2.05) is 19.1 Å². The number of anilines is 1. The van der Waals surface area contributed by atoms with E-state index in [2.05, 4.69) is 27.6 Å². The first-order valence-corrected chi connectivity index (χ1v) is 7.48. The van der Waals surface area contributed by atoms with E-state index < -0.39 is 0 Å². The summed E-state index contributed by atoms with van der Waals surface area (Å²) in [6.07, 6.45) is 5.19. The monoisotopic (exact) mass is 270 g/mol. The average Bonchev–Trinajstić information content (AvgIpc) is 3.01. The highest BCUT2D eigenvalue weighted by atomic mass is 15.2. The Balaban J connectivity index is 1.91. The van der Waals surface area contributed by atoms with Gasteiger partial charge in [0.15, 0.2) is 5.82 Å². The molecule has 106 valence electrons. The summed E-state index contributed by atoms with van der Waals surface area (Å²) in [6.45, 7) is 2.64. The lowest BCUT2D eigenvalue weighted by molar-refractivity contribution is 0.461. The van der Waals surface area contributed by atoms with Crippen molar-refractivity contribution >= 4 is 16.6 Å². The second-order valence-corrected chi connectivity index (χ2v) is 5.71. The molecular formula is C16H22N4. The van der Waals surface area contributed by atoms with Gasteiger partial charge in [-0.3, -0.25) is 0 Å². The number of rotatable bonds is 4. The molecule has 1 atom stereocenters. The minimum Gasteiger partial charge on any atom is -0.364 e. The predicted octanol–water partition coefficient (Wildman–Crippen LogP) is 2.87. The van der Waals surface area contributed by atoms with Gasteiger partial charge in [0, 0.05) is 23.4 Å². The van der Waals surface area contributed by atoms with Gasteiger partial charge in [0.2, 0.25) is 0 Å². The number of nitrogens with two attached hydrogens (primary N) is 1. The van der Waals surface area contributed by atoms with Gasteiger partial charge in [0.25, 0.3) is 0 Å². The second kappa shape index (κ2) is 5.75. The molecule has 0 spiro atoms. The molecule has 0 aliphatic heterocycles. The maximum Gasteiger partial charge on any atom is 0.156 e. The Kier molecular flexibility index (Phi) is 3.83. The minimum absolute atomic E-state index is 0.304. The van der Waals surface area contributed by atoms with Crippen LogP contribution in [0.15, 0.2) is 24.3 Å². The fraction of sp³-hybridized carbons (Fsp3) is 0.500. The van der Waals surface area contributed by atoms with E-state index in [0.717, 1.165) is 22.3 Å². The van der Waals surface area contributed by atoms with Crippen LogP contribution in [0, 0.1) is 12.8 Å². The number of fused-ring (bicyclic) bond motifs is 1. The molecule has 1 aliphatic carbocycles. The zero-order valence-corrected chi connectivity index (χ0v) is 12.0. The maximum atomic E-state index is 5.96. The maximum absolute atomic E-state index is 5.96. The molecule has 4 nitrogen and oxygen atoms in total. The van der Waals surface area contributed by atoms with Crippen molar-refractivity contribution in [3.8, 4) is 0 Å². The lowest BCUT2D eigenvalue weighted by Crippen LogP contribution is -2.35. The van der Waals surface area contributed by atoms with Gasteiger partial charge in [-0.2, -0.15) is 5.10 Å². The molecule has 0 radical (unpaired) electrons. The van der Waals surface area contributed by atoms with Gasteiger partial charge in [-0.15, -0.1) is 5.10 Å². The van der Waals surface area contributed by atoms with Crippen LogP contribution in [0.1, 0.15) is 31.4 Å². The zero-order chi connectivity index (χ0) is 13.9.